The van der Waals surface area contributed by atoms with Crippen LogP contribution in [0, 0.1) is 13.8 Å². The lowest BCUT2D eigenvalue weighted by atomic mass is 10.0. The first-order valence-electron chi connectivity index (χ1n) is 7.64. The van der Waals surface area contributed by atoms with Gasteiger partial charge in [0, 0.05) is 16.6 Å². The summed E-state index contributed by atoms with van der Waals surface area (Å²) in [4.78, 5) is 16.5. The molecule has 0 saturated carbocycles. The zero-order valence-corrected chi connectivity index (χ0v) is 14.3. The predicted octanol–water partition coefficient (Wildman–Crippen LogP) is 4.14. The Morgan fingerprint density at radius 3 is 2.54 bits per heavy atom. The molecule has 0 bridgehead atoms. The molecule has 24 heavy (non-hydrogen) atoms. The van der Waals surface area contributed by atoms with Gasteiger partial charge in [-0.2, -0.15) is 0 Å². The molecular formula is C19H18ClN3O. The van der Waals surface area contributed by atoms with Gasteiger partial charge in [-0.25, -0.2) is 4.98 Å². The second kappa shape index (κ2) is 6.49. The molecule has 2 aromatic carbocycles. The summed E-state index contributed by atoms with van der Waals surface area (Å²) in [5, 5.41) is 4.39. The maximum absolute atomic E-state index is 12.0. The highest BCUT2D eigenvalue weighted by molar-refractivity contribution is 6.31. The first kappa shape index (κ1) is 16.3. The van der Waals surface area contributed by atoms with Crippen molar-refractivity contribution >= 4 is 34.1 Å². The lowest BCUT2D eigenvalue weighted by Gasteiger charge is -2.20. The number of anilines is 1. The number of fused-ring (bicyclic) bond motifs is 1. The molecule has 0 saturated heterocycles. The molecule has 5 heteroatoms. The number of nitrogens with two attached hydrogens (primary N) is 1. The SMILES string of the molecule is Cc1ccccc1N[C@H](C(N)=O)c1cc2cccc(C)c2nc1Cl. The molecule has 0 aliphatic heterocycles. The monoisotopic (exact) mass is 339 g/mol. The van der Waals surface area contributed by atoms with Crippen LogP contribution < -0.4 is 11.1 Å². The van der Waals surface area contributed by atoms with Crippen LogP contribution in [0.1, 0.15) is 22.7 Å². The van der Waals surface area contributed by atoms with Crippen molar-refractivity contribution in [1.29, 1.82) is 0 Å². The number of benzene rings is 2. The van der Waals surface area contributed by atoms with Gasteiger partial charge < -0.3 is 11.1 Å². The van der Waals surface area contributed by atoms with E-state index in [4.69, 9.17) is 17.3 Å². The van der Waals surface area contributed by atoms with E-state index in [1.54, 1.807) is 0 Å². The van der Waals surface area contributed by atoms with Crippen LogP contribution in [-0.2, 0) is 4.79 Å². The zero-order chi connectivity index (χ0) is 17.3. The molecule has 1 heterocycles. The van der Waals surface area contributed by atoms with Gasteiger partial charge in [0.05, 0.1) is 5.52 Å². The van der Waals surface area contributed by atoms with Crippen molar-refractivity contribution in [1.82, 2.24) is 4.98 Å². The number of hydrogen-bond donors (Lipinski definition) is 2. The van der Waals surface area contributed by atoms with Crippen molar-refractivity contribution in [2.24, 2.45) is 5.73 Å². The van der Waals surface area contributed by atoms with Crippen LogP contribution in [-0.4, -0.2) is 10.9 Å². The maximum atomic E-state index is 12.0. The molecule has 122 valence electrons. The average molecular weight is 340 g/mol. The van der Waals surface area contributed by atoms with Gasteiger partial charge in [-0.15, -0.1) is 0 Å². The van der Waals surface area contributed by atoms with E-state index < -0.39 is 11.9 Å². The van der Waals surface area contributed by atoms with E-state index in [9.17, 15) is 4.79 Å². The molecule has 3 N–H and O–H groups in total. The average Bonchev–Trinajstić information content (AvgIpc) is 2.54. The Bertz CT molecular complexity index is 924. The molecule has 0 spiro atoms. The van der Waals surface area contributed by atoms with Crippen LogP contribution in [0.4, 0.5) is 5.69 Å². The number of pyridine rings is 1. The van der Waals surface area contributed by atoms with Gasteiger partial charge in [0.1, 0.15) is 11.2 Å². The molecule has 0 unspecified atom stereocenters. The van der Waals surface area contributed by atoms with Gasteiger partial charge >= 0.3 is 0 Å². The largest absolute Gasteiger partial charge is 0.370 e. The predicted molar refractivity (Wildman–Crippen MR) is 98.2 cm³/mol. The third-order valence-electron chi connectivity index (χ3n) is 4.07. The smallest absolute Gasteiger partial charge is 0.244 e. The number of hydrogen-bond acceptors (Lipinski definition) is 3. The number of amides is 1. The molecule has 1 amide bonds. The highest BCUT2D eigenvalue weighted by Crippen LogP contribution is 2.30. The number of para-hydroxylation sites is 2. The summed E-state index contributed by atoms with van der Waals surface area (Å²) in [5.41, 5.74) is 9.90. The highest BCUT2D eigenvalue weighted by atomic mass is 35.5. The second-order valence-corrected chi connectivity index (χ2v) is 6.17. The highest BCUT2D eigenvalue weighted by Gasteiger charge is 2.22. The third kappa shape index (κ3) is 3.05. The normalized spacial score (nSPS) is 12.1. The Labute approximate surface area is 145 Å². The van der Waals surface area contributed by atoms with Crippen LogP contribution in [0.2, 0.25) is 5.15 Å². The summed E-state index contributed by atoms with van der Waals surface area (Å²) in [6.45, 7) is 3.94. The lowest BCUT2D eigenvalue weighted by Crippen LogP contribution is -2.28. The Balaban J connectivity index is 2.09. The van der Waals surface area contributed by atoms with E-state index >= 15 is 0 Å². The van der Waals surface area contributed by atoms with Gasteiger partial charge in [0.2, 0.25) is 5.91 Å². The van der Waals surface area contributed by atoms with Gasteiger partial charge in [-0.3, -0.25) is 4.79 Å². The molecule has 0 radical (unpaired) electrons. The molecule has 0 fully saturated rings. The fourth-order valence-corrected chi connectivity index (χ4v) is 2.98. The van der Waals surface area contributed by atoms with E-state index in [2.05, 4.69) is 10.3 Å². The summed E-state index contributed by atoms with van der Waals surface area (Å²) in [5.74, 6) is -0.506. The fraction of sp³-hybridized carbons (Fsp3) is 0.158. The minimum atomic E-state index is -0.754. The van der Waals surface area contributed by atoms with Crippen molar-refractivity contribution in [3.05, 3.63) is 70.4 Å². The topological polar surface area (TPSA) is 68.0 Å². The van der Waals surface area contributed by atoms with Crippen LogP contribution in [0.15, 0.2) is 48.5 Å². The Morgan fingerprint density at radius 1 is 1.12 bits per heavy atom. The van der Waals surface area contributed by atoms with Crippen molar-refractivity contribution in [3.8, 4) is 0 Å². The minimum absolute atomic E-state index is 0.279. The maximum Gasteiger partial charge on any atom is 0.244 e. The number of carbonyl (C=O) groups excluding carboxylic acids is 1. The van der Waals surface area contributed by atoms with Crippen molar-refractivity contribution in [3.63, 3.8) is 0 Å². The van der Waals surface area contributed by atoms with E-state index in [0.29, 0.717) is 5.56 Å². The summed E-state index contributed by atoms with van der Waals surface area (Å²) < 4.78 is 0. The molecule has 4 nitrogen and oxygen atoms in total. The van der Waals surface area contributed by atoms with Gasteiger partial charge in [0.25, 0.3) is 0 Å². The third-order valence-corrected chi connectivity index (χ3v) is 4.37. The summed E-state index contributed by atoms with van der Waals surface area (Å²) >= 11 is 6.36. The summed E-state index contributed by atoms with van der Waals surface area (Å²) in [6.07, 6.45) is 0. The fourth-order valence-electron chi connectivity index (χ4n) is 2.74. The molecule has 0 aliphatic carbocycles. The first-order valence-corrected chi connectivity index (χ1v) is 8.02. The number of aromatic nitrogens is 1. The van der Waals surface area contributed by atoms with E-state index in [1.807, 2.05) is 62.4 Å². The first-order chi connectivity index (χ1) is 11.5. The minimum Gasteiger partial charge on any atom is -0.370 e. The molecule has 1 aromatic heterocycles. The zero-order valence-electron chi connectivity index (χ0n) is 13.5. The number of aryl methyl sites for hydroxylation is 2. The van der Waals surface area contributed by atoms with Gasteiger partial charge in [-0.1, -0.05) is 48.0 Å². The van der Waals surface area contributed by atoms with Crippen molar-refractivity contribution in [2.75, 3.05) is 5.32 Å². The molecule has 3 aromatic rings. The van der Waals surface area contributed by atoms with Crippen molar-refractivity contribution < 1.29 is 4.79 Å². The second-order valence-electron chi connectivity index (χ2n) is 5.81. The number of rotatable bonds is 4. The summed E-state index contributed by atoms with van der Waals surface area (Å²) in [6, 6.07) is 14.7. The Morgan fingerprint density at radius 2 is 1.83 bits per heavy atom. The van der Waals surface area contributed by atoms with E-state index in [1.165, 1.54) is 0 Å². The number of nitrogens with one attached hydrogen (secondary N) is 1. The number of nitrogens with zero attached hydrogens (tertiary/aromatic N) is 1. The molecule has 3 rings (SSSR count). The van der Waals surface area contributed by atoms with Crippen LogP contribution in [0.3, 0.4) is 0 Å². The number of carbonyl (C=O) groups is 1. The molecular weight excluding hydrogens is 322 g/mol. The van der Waals surface area contributed by atoms with E-state index in [-0.39, 0.29) is 5.15 Å². The van der Waals surface area contributed by atoms with Crippen LogP contribution in [0.25, 0.3) is 10.9 Å². The van der Waals surface area contributed by atoms with E-state index in [0.717, 1.165) is 27.7 Å². The van der Waals surface area contributed by atoms with Crippen molar-refractivity contribution in [2.45, 2.75) is 19.9 Å². The summed E-state index contributed by atoms with van der Waals surface area (Å²) in [7, 11) is 0. The van der Waals surface area contributed by atoms with Crippen LogP contribution in [0.5, 0.6) is 0 Å². The lowest BCUT2D eigenvalue weighted by molar-refractivity contribution is -0.118. The molecule has 0 aliphatic rings. The number of primary amides is 1. The Kier molecular flexibility index (Phi) is 4.40. The quantitative estimate of drug-likeness (QED) is 0.702. The van der Waals surface area contributed by atoms with Gasteiger partial charge in [-0.05, 0) is 37.1 Å². The van der Waals surface area contributed by atoms with Gasteiger partial charge in [0.15, 0.2) is 0 Å². The number of halogens is 1. The molecule has 1 atom stereocenters. The van der Waals surface area contributed by atoms with Crippen LogP contribution >= 0.6 is 11.6 Å². The standard InChI is InChI=1S/C19H18ClN3O/c1-11-6-3-4-9-15(11)22-17(19(21)24)14-10-13-8-5-7-12(2)16(13)23-18(14)20/h3-10,17,22H,1-2H3,(H2,21,24)/t17-/m0/s1. The Hall–Kier alpha value is -2.59.